The zero-order valence-electron chi connectivity index (χ0n) is 22.8. The molecule has 0 saturated carbocycles. The van der Waals surface area contributed by atoms with Gasteiger partial charge in [0, 0.05) is 63.2 Å². The summed E-state index contributed by atoms with van der Waals surface area (Å²) in [6.07, 6.45) is 1.77. The van der Waals surface area contributed by atoms with Crippen LogP contribution in [0.1, 0.15) is 60.4 Å². The van der Waals surface area contributed by atoms with Crippen LogP contribution in [0.15, 0.2) is 42.6 Å². The number of alkyl halides is 3. The van der Waals surface area contributed by atoms with Crippen molar-refractivity contribution >= 4 is 23.2 Å². The molecule has 1 aliphatic rings. The van der Waals surface area contributed by atoms with Crippen LogP contribution in [0.25, 0.3) is 4.85 Å². The van der Waals surface area contributed by atoms with Gasteiger partial charge in [-0.05, 0) is 79.5 Å². The van der Waals surface area contributed by atoms with Crippen molar-refractivity contribution < 1.29 is 23.1 Å². The Labute approximate surface area is 232 Å². The monoisotopic (exact) mass is 553 g/mol. The van der Waals surface area contributed by atoms with E-state index in [2.05, 4.69) is 33.9 Å². The molecular formula is C30H34F3N5O2. The van der Waals surface area contributed by atoms with Crippen molar-refractivity contribution in [2.24, 2.45) is 7.05 Å². The molecule has 3 aromatic rings. The molecule has 0 fully saturated rings. The number of unbranched alkanes of at least 4 members (excludes halogenated alkanes) is 1. The Hall–Kier alpha value is -4.00. The molecular weight excluding hydrogens is 519 g/mol. The van der Waals surface area contributed by atoms with Crippen molar-refractivity contribution in [3.05, 3.63) is 81.8 Å². The van der Waals surface area contributed by atoms with Gasteiger partial charge in [-0.2, -0.15) is 18.3 Å². The highest BCUT2D eigenvalue weighted by Gasteiger charge is 2.31. The molecule has 2 aromatic carbocycles. The lowest BCUT2D eigenvalue weighted by Crippen LogP contribution is -2.28. The second-order valence-electron chi connectivity index (χ2n) is 10.2. The maximum Gasteiger partial charge on any atom is 0.415 e. The molecule has 0 atom stereocenters. The van der Waals surface area contributed by atoms with Gasteiger partial charge in [0.15, 0.2) is 11.5 Å². The summed E-state index contributed by atoms with van der Waals surface area (Å²) in [6.45, 7) is 11.4. The number of hydrogen-bond donors (Lipinski definition) is 1. The lowest BCUT2D eigenvalue weighted by Gasteiger charge is -2.30. The highest BCUT2D eigenvalue weighted by Crippen LogP contribution is 2.35. The summed E-state index contributed by atoms with van der Waals surface area (Å²) < 4.78 is 42.5. The van der Waals surface area contributed by atoms with Crippen LogP contribution in [0.3, 0.4) is 0 Å². The van der Waals surface area contributed by atoms with Gasteiger partial charge >= 0.3 is 12.1 Å². The Kier molecular flexibility index (Phi) is 9.03. The fourth-order valence-electron chi connectivity index (χ4n) is 5.32. The van der Waals surface area contributed by atoms with Crippen LogP contribution in [0.4, 0.5) is 30.4 Å². The number of anilines is 2. The smallest absolute Gasteiger partial charge is 0.415 e. The van der Waals surface area contributed by atoms with Crippen LogP contribution in [0.2, 0.25) is 0 Å². The van der Waals surface area contributed by atoms with Crippen LogP contribution in [-0.2, 0) is 43.9 Å². The largest absolute Gasteiger partial charge is 0.481 e. The Morgan fingerprint density at radius 2 is 1.85 bits per heavy atom. The summed E-state index contributed by atoms with van der Waals surface area (Å²) in [5.41, 5.74) is 4.20. The van der Waals surface area contributed by atoms with Crippen LogP contribution < -0.4 is 9.80 Å². The van der Waals surface area contributed by atoms with Crippen molar-refractivity contribution in [1.82, 2.24) is 9.78 Å². The maximum atomic E-state index is 13.6. The molecule has 1 aromatic heterocycles. The van der Waals surface area contributed by atoms with Gasteiger partial charge in [-0.1, -0.05) is 12.1 Å². The van der Waals surface area contributed by atoms with E-state index in [0.29, 0.717) is 30.9 Å². The van der Waals surface area contributed by atoms with Crippen molar-refractivity contribution in [2.75, 3.05) is 22.9 Å². The Morgan fingerprint density at radius 1 is 1.10 bits per heavy atom. The summed E-state index contributed by atoms with van der Waals surface area (Å²) in [6, 6.07) is 9.77. The zero-order chi connectivity index (χ0) is 28.9. The minimum atomic E-state index is -4.55. The van der Waals surface area contributed by atoms with E-state index < -0.39 is 17.7 Å². The summed E-state index contributed by atoms with van der Waals surface area (Å²) in [5, 5.41) is 13.6. The number of aromatic nitrogens is 2. The van der Waals surface area contributed by atoms with Crippen LogP contribution in [0.5, 0.6) is 0 Å². The van der Waals surface area contributed by atoms with Crippen LogP contribution >= 0.6 is 0 Å². The molecule has 212 valence electrons. The first-order valence-corrected chi connectivity index (χ1v) is 13.5. The van der Waals surface area contributed by atoms with Crippen molar-refractivity contribution in [1.29, 1.82) is 0 Å². The molecule has 0 aliphatic heterocycles. The molecule has 4 rings (SSSR count). The molecule has 0 unspecified atom stereocenters. The predicted molar refractivity (Wildman–Crippen MR) is 149 cm³/mol. The zero-order valence-corrected chi connectivity index (χ0v) is 22.8. The number of carboxylic acid groups (broad SMARTS) is 1. The minimum absolute atomic E-state index is 0.0532. The summed E-state index contributed by atoms with van der Waals surface area (Å²) in [5.74, 6) is -0.177. The number of nitrogens with zero attached hydrogens (tertiary/aromatic N) is 5. The van der Waals surface area contributed by atoms with E-state index in [1.165, 1.54) is 17.2 Å². The topological polar surface area (TPSA) is 66.0 Å². The van der Waals surface area contributed by atoms with Gasteiger partial charge < -0.3 is 14.9 Å². The molecule has 1 aliphatic carbocycles. The molecule has 1 N–H and O–H groups in total. The molecule has 0 bridgehead atoms. The molecule has 7 nitrogen and oxygen atoms in total. The first-order chi connectivity index (χ1) is 19.1. The maximum absolute atomic E-state index is 13.6. The number of fused-ring (bicyclic) bond motifs is 1. The molecule has 0 radical (unpaired) electrons. The third-order valence-corrected chi connectivity index (χ3v) is 7.28. The van der Waals surface area contributed by atoms with E-state index in [1.54, 1.807) is 17.9 Å². The van der Waals surface area contributed by atoms with Crippen LogP contribution in [-0.4, -0.2) is 33.9 Å². The second kappa shape index (κ2) is 12.5. The van der Waals surface area contributed by atoms with E-state index >= 15 is 0 Å². The van der Waals surface area contributed by atoms with Gasteiger partial charge in [-0.15, -0.1) is 0 Å². The number of halogens is 3. The highest BCUT2D eigenvalue weighted by atomic mass is 19.4. The van der Waals surface area contributed by atoms with Crippen molar-refractivity contribution in [2.45, 2.75) is 64.7 Å². The molecule has 10 heteroatoms. The lowest BCUT2D eigenvalue weighted by atomic mass is 10.0. The van der Waals surface area contributed by atoms with Crippen LogP contribution in [0, 0.1) is 6.57 Å². The third-order valence-electron chi connectivity index (χ3n) is 7.28. The Balaban J connectivity index is 1.70. The average molecular weight is 554 g/mol. The third kappa shape index (κ3) is 7.14. The number of carboxylic acids is 1. The fourth-order valence-corrected chi connectivity index (χ4v) is 5.32. The molecule has 0 spiro atoms. The second-order valence-corrected chi connectivity index (χ2v) is 10.2. The average Bonchev–Trinajstić information content (AvgIpc) is 3.55. The standard InChI is InChI=1S/C30H34F3N5O2/c1-4-37(12-6-5-10-29(39)40)27-17-23-9-7-8-22(23)16-24(27)20-38(28-11-13-36(3)35-28)19-21-14-25(30(31,32)33)18-26(15-21)34-2/h11,13-18H,4-10,12,19-20H2,1,3H3,(H,39,40). The Bertz CT molecular complexity index is 1390. The van der Waals surface area contributed by atoms with Gasteiger partial charge in [-0.3, -0.25) is 9.48 Å². The summed E-state index contributed by atoms with van der Waals surface area (Å²) in [4.78, 5) is 18.5. The van der Waals surface area contributed by atoms with E-state index in [1.807, 2.05) is 11.0 Å². The van der Waals surface area contributed by atoms with E-state index in [4.69, 9.17) is 11.7 Å². The van der Waals surface area contributed by atoms with Gasteiger partial charge in [0.2, 0.25) is 0 Å². The normalized spacial score (nSPS) is 12.7. The first-order valence-electron chi connectivity index (χ1n) is 13.5. The highest BCUT2D eigenvalue weighted by molar-refractivity contribution is 5.66. The predicted octanol–water partition coefficient (Wildman–Crippen LogP) is 6.77. The quantitative estimate of drug-likeness (QED) is 0.198. The van der Waals surface area contributed by atoms with Crippen molar-refractivity contribution in [3.63, 3.8) is 0 Å². The lowest BCUT2D eigenvalue weighted by molar-refractivity contribution is -0.138. The summed E-state index contributed by atoms with van der Waals surface area (Å²) in [7, 11) is 1.79. The summed E-state index contributed by atoms with van der Waals surface area (Å²) >= 11 is 0. The minimum Gasteiger partial charge on any atom is -0.481 e. The number of benzene rings is 2. The van der Waals surface area contributed by atoms with E-state index in [9.17, 15) is 18.0 Å². The van der Waals surface area contributed by atoms with E-state index in [0.717, 1.165) is 55.6 Å². The van der Waals surface area contributed by atoms with Gasteiger partial charge in [0.05, 0.1) is 6.57 Å². The number of rotatable bonds is 12. The van der Waals surface area contributed by atoms with Crippen molar-refractivity contribution in [3.8, 4) is 0 Å². The number of hydrogen-bond acceptors (Lipinski definition) is 4. The number of carbonyl (C=O) groups is 1. The van der Waals surface area contributed by atoms with Gasteiger partial charge in [-0.25, -0.2) is 4.85 Å². The number of aliphatic carboxylic acids is 1. The first kappa shape index (κ1) is 29.0. The fraction of sp³-hybridized carbons (Fsp3) is 0.433. The molecule has 0 saturated heterocycles. The van der Waals surface area contributed by atoms with Gasteiger partial charge in [0.25, 0.3) is 0 Å². The number of aryl methyl sites for hydroxylation is 3. The Morgan fingerprint density at radius 3 is 2.48 bits per heavy atom. The SMILES string of the molecule is [C-]#[N+]c1cc(CN(Cc2cc3c(cc2N(CC)CCCCC(=O)O)CCC3)c2ccn(C)n2)cc(C(F)(F)F)c1. The van der Waals surface area contributed by atoms with E-state index in [-0.39, 0.29) is 18.7 Å². The molecule has 1 heterocycles. The molecule has 40 heavy (non-hydrogen) atoms. The molecule has 0 amide bonds. The van der Waals surface area contributed by atoms with Gasteiger partial charge in [0.1, 0.15) is 0 Å².